The Bertz CT molecular complexity index is 1040. The summed E-state index contributed by atoms with van der Waals surface area (Å²) in [5.41, 5.74) is 3.60. The number of para-hydroxylation sites is 1. The van der Waals surface area contributed by atoms with E-state index >= 15 is 0 Å². The summed E-state index contributed by atoms with van der Waals surface area (Å²) in [5, 5.41) is 3.54. The Hall–Kier alpha value is -2.93. The van der Waals surface area contributed by atoms with Crippen LogP contribution in [0.5, 0.6) is 0 Å². The number of fused-ring (bicyclic) bond motifs is 1. The van der Waals surface area contributed by atoms with Gasteiger partial charge in [0.1, 0.15) is 5.03 Å². The zero-order valence-corrected chi connectivity index (χ0v) is 16.1. The SMILES string of the molecule is O=C(CSc1nc(=O)n(Cc2cccnc2)c2c1CCC2)Nc1ccccc1. The average Bonchev–Trinajstić information content (AvgIpc) is 3.20. The number of carbonyl (C=O) groups excluding carboxylic acids is 1. The number of pyridine rings is 1. The van der Waals surface area contributed by atoms with Crippen molar-refractivity contribution >= 4 is 23.4 Å². The summed E-state index contributed by atoms with van der Waals surface area (Å²) in [7, 11) is 0. The molecule has 1 aliphatic rings. The Balaban J connectivity index is 1.51. The molecule has 2 heterocycles. The first-order chi connectivity index (χ1) is 13.7. The van der Waals surface area contributed by atoms with E-state index in [0.29, 0.717) is 11.6 Å². The zero-order chi connectivity index (χ0) is 19.3. The van der Waals surface area contributed by atoms with Crippen LogP contribution in [0.2, 0.25) is 0 Å². The van der Waals surface area contributed by atoms with Crippen molar-refractivity contribution in [3.63, 3.8) is 0 Å². The van der Waals surface area contributed by atoms with Crippen molar-refractivity contribution < 1.29 is 4.79 Å². The lowest BCUT2D eigenvalue weighted by atomic mass is 10.2. The summed E-state index contributed by atoms with van der Waals surface area (Å²) < 4.78 is 1.74. The molecule has 0 saturated heterocycles. The highest BCUT2D eigenvalue weighted by molar-refractivity contribution is 8.00. The fourth-order valence-electron chi connectivity index (χ4n) is 3.40. The normalized spacial score (nSPS) is 12.6. The van der Waals surface area contributed by atoms with Crippen LogP contribution < -0.4 is 11.0 Å². The third-order valence-electron chi connectivity index (χ3n) is 4.66. The molecule has 0 atom stereocenters. The van der Waals surface area contributed by atoms with Gasteiger partial charge in [-0.25, -0.2) is 4.79 Å². The van der Waals surface area contributed by atoms with Crippen molar-refractivity contribution in [1.29, 1.82) is 0 Å². The maximum absolute atomic E-state index is 12.7. The number of hydrogen-bond acceptors (Lipinski definition) is 5. The van der Waals surface area contributed by atoms with Crippen LogP contribution in [0.1, 0.15) is 23.2 Å². The first kappa shape index (κ1) is 18.4. The van der Waals surface area contributed by atoms with E-state index in [4.69, 9.17) is 0 Å². The summed E-state index contributed by atoms with van der Waals surface area (Å²) in [6.45, 7) is 0.474. The Morgan fingerprint density at radius 1 is 1.14 bits per heavy atom. The molecule has 142 valence electrons. The Morgan fingerprint density at radius 2 is 2.00 bits per heavy atom. The van der Waals surface area contributed by atoms with Crippen molar-refractivity contribution in [1.82, 2.24) is 14.5 Å². The quantitative estimate of drug-likeness (QED) is 0.516. The number of hydrogen-bond donors (Lipinski definition) is 1. The van der Waals surface area contributed by atoms with Gasteiger partial charge in [0.2, 0.25) is 5.91 Å². The fourth-order valence-corrected chi connectivity index (χ4v) is 4.27. The number of rotatable bonds is 6. The molecule has 0 bridgehead atoms. The maximum atomic E-state index is 12.7. The van der Waals surface area contributed by atoms with Gasteiger partial charge in [-0.3, -0.25) is 14.3 Å². The number of nitrogens with one attached hydrogen (secondary N) is 1. The number of aromatic nitrogens is 3. The minimum atomic E-state index is -0.268. The van der Waals surface area contributed by atoms with E-state index in [9.17, 15) is 9.59 Å². The molecule has 0 spiro atoms. The van der Waals surface area contributed by atoms with Crippen LogP contribution in [0.3, 0.4) is 0 Å². The van der Waals surface area contributed by atoms with Gasteiger partial charge in [0.15, 0.2) is 0 Å². The molecule has 0 aliphatic heterocycles. The molecule has 1 amide bonds. The van der Waals surface area contributed by atoms with E-state index in [2.05, 4.69) is 15.3 Å². The van der Waals surface area contributed by atoms with E-state index in [0.717, 1.165) is 41.8 Å². The van der Waals surface area contributed by atoms with Crippen molar-refractivity contribution in [2.45, 2.75) is 30.8 Å². The van der Waals surface area contributed by atoms with E-state index in [1.54, 1.807) is 17.0 Å². The molecule has 0 unspecified atom stereocenters. The second-order valence-corrected chi connectivity index (χ2v) is 7.59. The van der Waals surface area contributed by atoms with E-state index in [-0.39, 0.29) is 17.3 Å². The lowest BCUT2D eigenvalue weighted by molar-refractivity contribution is -0.113. The molecule has 0 radical (unpaired) electrons. The van der Waals surface area contributed by atoms with Gasteiger partial charge < -0.3 is 5.32 Å². The molecular formula is C21H20N4O2S. The number of thioether (sulfide) groups is 1. The van der Waals surface area contributed by atoms with Crippen LogP contribution in [-0.2, 0) is 24.2 Å². The van der Waals surface area contributed by atoms with Crippen molar-refractivity contribution in [2.24, 2.45) is 0 Å². The smallest absolute Gasteiger partial charge is 0.325 e. The molecule has 0 saturated carbocycles. The Labute approximate surface area is 167 Å². The zero-order valence-electron chi connectivity index (χ0n) is 15.3. The van der Waals surface area contributed by atoms with Crippen LogP contribution >= 0.6 is 11.8 Å². The molecule has 1 aromatic carbocycles. The van der Waals surface area contributed by atoms with Crippen molar-refractivity contribution in [3.05, 3.63) is 82.2 Å². The topological polar surface area (TPSA) is 76.9 Å². The summed E-state index contributed by atoms with van der Waals surface area (Å²) in [5.74, 6) is 0.115. The van der Waals surface area contributed by atoms with E-state index in [1.165, 1.54) is 11.8 Å². The number of amides is 1. The molecule has 2 aromatic heterocycles. The largest absolute Gasteiger partial charge is 0.349 e. The van der Waals surface area contributed by atoms with Gasteiger partial charge in [0.05, 0.1) is 12.3 Å². The number of carbonyl (C=O) groups is 1. The third kappa shape index (κ3) is 4.14. The summed E-state index contributed by atoms with van der Waals surface area (Å²) in [6.07, 6.45) is 6.23. The lowest BCUT2D eigenvalue weighted by Gasteiger charge is -2.14. The molecule has 7 heteroatoms. The average molecular weight is 392 g/mol. The van der Waals surface area contributed by atoms with Crippen LogP contribution in [-0.4, -0.2) is 26.2 Å². The van der Waals surface area contributed by atoms with E-state index < -0.39 is 0 Å². The van der Waals surface area contributed by atoms with Gasteiger partial charge >= 0.3 is 5.69 Å². The van der Waals surface area contributed by atoms with Gasteiger partial charge in [-0.1, -0.05) is 36.0 Å². The number of anilines is 1. The molecule has 0 fully saturated rings. The predicted octanol–water partition coefficient (Wildman–Crippen LogP) is 2.91. The highest BCUT2D eigenvalue weighted by atomic mass is 32.2. The Kier molecular flexibility index (Phi) is 5.53. The van der Waals surface area contributed by atoms with Crippen molar-refractivity contribution in [2.75, 3.05) is 11.1 Å². The first-order valence-corrected chi connectivity index (χ1v) is 10.2. The van der Waals surface area contributed by atoms with Gasteiger partial charge in [0.25, 0.3) is 0 Å². The van der Waals surface area contributed by atoms with Crippen LogP contribution in [0.4, 0.5) is 5.69 Å². The van der Waals surface area contributed by atoms with Gasteiger partial charge in [-0.15, -0.1) is 0 Å². The molecule has 1 N–H and O–H groups in total. The first-order valence-electron chi connectivity index (χ1n) is 9.20. The molecule has 6 nitrogen and oxygen atoms in total. The monoisotopic (exact) mass is 392 g/mol. The third-order valence-corrected chi connectivity index (χ3v) is 5.68. The highest BCUT2D eigenvalue weighted by Crippen LogP contribution is 2.29. The molecule has 3 aromatic rings. The summed E-state index contributed by atoms with van der Waals surface area (Å²) >= 11 is 1.33. The summed E-state index contributed by atoms with van der Waals surface area (Å²) in [6, 6.07) is 13.2. The standard InChI is InChI=1S/C21H20N4O2S/c26-19(23-16-7-2-1-3-8-16)14-28-20-17-9-4-10-18(17)25(21(27)24-20)13-15-6-5-11-22-12-15/h1-3,5-8,11-12H,4,9-10,13-14H2,(H,23,26). The highest BCUT2D eigenvalue weighted by Gasteiger charge is 2.22. The second kappa shape index (κ2) is 8.39. The molecule has 28 heavy (non-hydrogen) atoms. The Morgan fingerprint density at radius 3 is 2.79 bits per heavy atom. The summed E-state index contributed by atoms with van der Waals surface area (Å²) in [4.78, 5) is 33.3. The minimum Gasteiger partial charge on any atom is -0.325 e. The van der Waals surface area contributed by atoms with Crippen LogP contribution in [0.25, 0.3) is 0 Å². The van der Waals surface area contributed by atoms with Crippen molar-refractivity contribution in [3.8, 4) is 0 Å². The van der Waals surface area contributed by atoms with Gasteiger partial charge in [-0.05, 0) is 43.0 Å². The molecular weight excluding hydrogens is 372 g/mol. The lowest BCUT2D eigenvalue weighted by Crippen LogP contribution is -2.28. The predicted molar refractivity (Wildman–Crippen MR) is 110 cm³/mol. The van der Waals surface area contributed by atoms with Crippen LogP contribution in [0.15, 0.2) is 64.7 Å². The van der Waals surface area contributed by atoms with E-state index in [1.807, 2.05) is 42.5 Å². The molecule has 1 aliphatic carbocycles. The fraction of sp³-hybridized carbons (Fsp3) is 0.238. The minimum absolute atomic E-state index is 0.107. The molecule has 4 rings (SSSR count). The maximum Gasteiger partial charge on any atom is 0.349 e. The van der Waals surface area contributed by atoms with Gasteiger partial charge in [-0.2, -0.15) is 4.98 Å². The van der Waals surface area contributed by atoms with Crippen LogP contribution in [0, 0.1) is 0 Å². The number of nitrogens with zero attached hydrogens (tertiary/aromatic N) is 3. The second-order valence-electron chi connectivity index (χ2n) is 6.63. The van der Waals surface area contributed by atoms with Gasteiger partial charge in [0, 0.05) is 29.3 Å². The number of benzene rings is 1.